The van der Waals surface area contributed by atoms with E-state index >= 15 is 0 Å². The number of aliphatic imine (C=N–C) groups is 1. The fourth-order valence-corrected chi connectivity index (χ4v) is 4.18. The molecule has 0 spiro atoms. The topological polar surface area (TPSA) is 174 Å². The molecule has 0 aliphatic carbocycles. The number of hydrogen-bond acceptors (Lipinski definition) is 8. The molecular weight excluding hydrogens is 544 g/mol. The number of ketones is 1. The molecule has 242 valence electrons. The first-order valence-electron chi connectivity index (χ1n) is 14.9. The Labute approximate surface area is 251 Å². The van der Waals surface area contributed by atoms with Crippen LogP contribution in [0.15, 0.2) is 4.99 Å². The van der Waals surface area contributed by atoms with Crippen LogP contribution in [0.2, 0.25) is 0 Å². The van der Waals surface area contributed by atoms with Crippen LogP contribution in [0.5, 0.6) is 0 Å². The van der Waals surface area contributed by atoms with Crippen molar-refractivity contribution in [2.75, 3.05) is 33.4 Å². The summed E-state index contributed by atoms with van der Waals surface area (Å²) in [7, 11) is 1.60. The van der Waals surface area contributed by atoms with Gasteiger partial charge in [0.1, 0.15) is 17.9 Å². The number of hydrogen-bond donors (Lipinski definition) is 4. The van der Waals surface area contributed by atoms with Gasteiger partial charge in [-0.3, -0.25) is 14.6 Å². The van der Waals surface area contributed by atoms with Crippen LogP contribution in [-0.2, 0) is 28.6 Å². The number of Topliss-reactive ketones (excluding diaryl/α,β-unsaturated/α-hetero) is 1. The summed E-state index contributed by atoms with van der Waals surface area (Å²) >= 11 is 0. The molecule has 0 aromatic rings. The number of nitrogens with zero attached hydrogens (tertiary/aromatic N) is 2. The molecular formula is C29H54N6O7. The fourth-order valence-electron chi connectivity index (χ4n) is 4.18. The Balaban J connectivity index is 2.86. The summed E-state index contributed by atoms with van der Waals surface area (Å²) in [5.74, 6) is -0.370. The quantitative estimate of drug-likeness (QED) is 0.118. The van der Waals surface area contributed by atoms with Gasteiger partial charge in [0.2, 0.25) is 11.8 Å². The Morgan fingerprint density at radius 2 is 1.71 bits per heavy atom. The van der Waals surface area contributed by atoms with Gasteiger partial charge in [-0.15, -0.1) is 0 Å². The van der Waals surface area contributed by atoms with Crippen molar-refractivity contribution in [3.05, 3.63) is 0 Å². The first-order valence-corrected chi connectivity index (χ1v) is 14.9. The molecule has 3 amide bonds. The number of guanidine groups is 1. The number of unbranched alkanes of at least 4 members (excludes halogenated alkanes) is 2. The minimum atomic E-state index is -1.07. The number of nitrogens with two attached hydrogens (primary N) is 1. The monoisotopic (exact) mass is 598 g/mol. The van der Waals surface area contributed by atoms with Crippen molar-refractivity contribution in [1.82, 2.24) is 20.9 Å². The SMILES string of the molecule is CN=C(N)N1CCCC(NC(=O)[C@H](C)NC(=O)[C@@H](COC(C)(C)C)NC(=O)OCC(C)C)C1OCCCCCC(C)=O. The number of nitrogens with one attached hydrogen (secondary N) is 3. The van der Waals surface area contributed by atoms with E-state index in [-0.39, 0.29) is 24.9 Å². The number of likely N-dealkylation sites (tertiary alicyclic amines) is 1. The van der Waals surface area contributed by atoms with Gasteiger partial charge in [0.25, 0.3) is 0 Å². The van der Waals surface area contributed by atoms with E-state index < -0.39 is 47.9 Å². The number of carbonyl (C=O) groups is 4. The molecule has 42 heavy (non-hydrogen) atoms. The zero-order valence-electron chi connectivity index (χ0n) is 26.8. The lowest BCUT2D eigenvalue weighted by atomic mass is 10.0. The highest BCUT2D eigenvalue weighted by Gasteiger charge is 2.36. The van der Waals surface area contributed by atoms with E-state index in [1.807, 2.05) is 39.5 Å². The normalized spacial score (nSPS) is 19.2. The Morgan fingerprint density at radius 1 is 1.02 bits per heavy atom. The van der Waals surface area contributed by atoms with E-state index in [0.29, 0.717) is 32.0 Å². The number of piperidine rings is 1. The number of ether oxygens (including phenoxy) is 3. The van der Waals surface area contributed by atoms with Crippen molar-refractivity contribution >= 4 is 29.7 Å². The minimum absolute atomic E-state index is 0.101. The molecule has 1 fully saturated rings. The highest BCUT2D eigenvalue weighted by molar-refractivity contribution is 5.91. The Bertz CT molecular complexity index is 905. The molecule has 13 nitrogen and oxygen atoms in total. The largest absolute Gasteiger partial charge is 0.449 e. The lowest BCUT2D eigenvalue weighted by Crippen LogP contribution is -2.62. The molecule has 0 saturated carbocycles. The molecule has 1 heterocycles. The molecule has 5 N–H and O–H groups in total. The Kier molecular flexibility index (Phi) is 16.4. The summed E-state index contributed by atoms with van der Waals surface area (Å²) in [6.45, 7) is 13.6. The van der Waals surface area contributed by atoms with E-state index in [1.165, 1.54) is 0 Å². The van der Waals surface area contributed by atoms with Gasteiger partial charge in [0, 0.05) is 26.6 Å². The molecule has 1 saturated heterocycles. The van der Waals surface area contributed by atoms with E-state index in [2.05, 4.69) is 20.9 Å². The third-order valence-electron chi connectivity index (χ3n) is 6.47. The summed E-state index contributed by atoms with van der Waals surface area (Å²) < 4.78 is 17.1. The second kappa shape index (κ2) is 18.6. The first-order chi connectivity index (χ1) is 19.6. The van der Waals surface area contributed by atoms with E-state index in [9.17, 15) is 19.2 Å². The van der Waals surface area contributed by atoms with Crippen LogP contribution in [0.3, 0.4) is 0 Å². The summed E-state index contributed by atoms with van der Waals surface area (Å²) in [5, 5.41) is 8.22. The molecule has 2 unspecified atom stereocenters. The predicted molar refractivity (Wildman–Crippen MR) is 161 cm³/mol. The molecule has 0 bridgehead atoms. The maximum absolute atomic E-state index is 13.2. The van der Waals surface area contributed by atoms with Crippen molar-refractivity contribution in [3.63, 3.8) is 0 Å². The third kappa shape index (κ3) is 14.8. The second-order valence-electron chi connectivity index (χ2n) is 12.1. The van der Waals surface area contributed by atoms with E-state index in [1.54, 1.807) is 20.9 Å². The van der Waals surface area contributed by atoms with Crippen molar-refractivity contribution in [2.45, 2.75) is 117 Å². The molecule has 0 aromatic heterocycles. The van der Waals surface area contributed by atoms with Crippen LogP contribution < -0.4 is 21.7 Å². The molecule has 0 aromatic carbocycles. The Hall–Kier alpha value is -2.93. The van der Waals surface area contributed by atoms with Crippen molar-refractivity contribution in [2.24, 2.45) is 16.6 Å². The number of rotatable bonds is 16. The zero-order chi connectivity index (χ0) is 31.9. The van der Waals surface area contributed by atoms with Gasteiger partial charge in [-0.25, -0.2) is 4.79 Å². The van der Waals surface area contributed by atoms with Crippen LogP contribution in [-0.4, -0.2) is 97.9 Å². The van der Waals surface area contributed by atoms with E-state index in [4.69, 9.17) is 19.9 Å². The molecule has 1 rings (SSSR count). The summed E-state index contributed by atoms with van der Waals surface area (Å²) in [5.41, 5.74) is 5.59. The van der Waals surface area contributed by atoms with Crippen molar-refractivity contribution in [3.8, 4) is 0 Å². The highest BCUT2D eigenvalue weighted by atomic mass is 16.5. The number of alkyl carbamates (subject to hydrolysis) is 1. The maximum Gasteiger partial charge on any atom is 0.407 e. The van der Waals surface area contributed by atoms with Gasteiger partial charge in [-0.2, -0.15) is 0 Å². The Morgan fingerprint density at radius 3 is 2.31 bits per heavy atom. The maximum atomic E-state index is 13.2. The first kappa shape index (κ1) is 37.1. The molecule has 0 radical (unpaired) electrons. The predicted octanol–water partition coefficient (Wildman–Crippen LogP) is 2.07. The van der Waals surface area contributed by atoms with Crippen LogP contribution >= 0.6 is 0 Å². The highest BCUT2D eigenvalue weighted by Crippen LogP contribution is 2.20. The van der Waals surface area contributed by atoms with E-state index in [0.717, 1.165) is 25.7 Å². The van der Waals surface area contributed by atoms with Crippen molar-refractivity contribution in [1.29, 1.82) is 0 Å². The lowest BCUT2D eigenvalue weighted by Gasteiger charge is -2.42. The fraction of sp³-hybridized carbons (Fsp3) is 0.828. The van der Waals surface area contributed by atoms with Crippen LogP contribution in [0.1, 0.15) is 87.0 Å². The summed E-state index contributed by atoms with van der Waals surface area (Å²) in [6, 6.07) is -2.38. The summed E-state index contributed by atoms with van der Waals surface area (Å²) in [4.78, 5) is 55.8. The van der Waals surface area contributed by atoms with Gasteiger partial charge < -0.3 is 45.6 Å². The lowest BCUT2D eigenvalue weighted by molar-refractivity contribution is -0.133. The van der Waals surface area contributed by atoms with Crippen LogP contribution in [0.25, 0.3) is 0 Å². The smallest absolute Gasteiger partial charge is 0.407 e. The van der Waals surface area contributed by atoms with Gasteiger partial charge in [-0.1, -0.05) is 20.3 Å². The standard InChI is InChI=1S/C29H54N6O7/c1-19(2)17-41-28(39)34-23(18-42-29(5,6)7)25(38)32-21(4)24(37)33-22-14-12-15-35(27(30)31-8)26(22)40-16-11-9-10-13-20(3)36/h19,21-23,26H,9-18H2,1-8H3,(H2,30,31)(H,32,38)(H,33,37)(H,34,39)/t21-,22?,23+,26?/m0/s1. The molecule has 4 atom stereocenters. The average molecular weight is 599 g/mol. The van der Waals surface area contributed by atoms with Gasteiger partial charge in [0.15, 0.2) is 12.2 Å². The van der Waals surface area contributed by atoms with Gasteiger partial charge in [-0.05, 0) is 66.2 Å². The third-order valence-corrected chi connectivity index (χ3v) is 6.47. The average Bonchev–Trinajstić information content (AvgIpc) is 2.90. The molecule has 1 aliphatic heterocycles. The zero-order valence-corrected chi connectivity index (χ0v) is 26.8. The molecule has 13 heteroatoms. The van der Waals surface area contributed by atoms with Crippen LogP contribution in [0.4, 0.5) is 4.79 Å². The van der Waals surface area contributed by atoms with Crippen molar-refractivity contribution < 1.29 is 33.4 Å². The number of carbonyl (C=O) groups excluding carboxylic acids is 4. The minimum Gasteiger partial charge on any atom is -0.449 e. The molecule has 1 aliphatic rings. The second-order valence-corrected chi connectivity index (χ2v) is 12.1. The van der Waals surface area contributed by atoms with Gasteiger partial charge >= 0.3 is 6.09 Å². The van der Waals surface area contributed by atoms with Gasteiger partial charge in [0.05, 0.1) is 24.9 Å². The van der Waals surface area contributed by atoms with Crippen LogP contribution in [0, 0.1) is 5.92 Å². The summed E-state index contributed by atoms with van der Waals surface area (Å²) in [6.07, 6.45) is 3.10. The number of amides is 3.